The molecule has 0 saturated carbocycles. The third-order valence-corrected chi connectivity index (χ3v) is 4.90. The zero-order valence-electron chi connectivity index (χ0n) is 13.3. The van der Waals surface area contributed by atoms with Crippen LogP contribution in [0.4, 0.5) is 4.39 Å². The van der Waals surface area contributed by atoms with Crippen LogP contribution in [0.2, 0.25) is 0 Å². The normalized spacial score (nSPS) is 22.7. The van der Waals surface area contributed by atoms with Crippen molar-refractivity contribution in [3.63, 3.8) is 0 Å². The molecule has 2 aliphatic rings. The largest absolute Gasteiger partial charge is 0.481 e. The number of hydrogen-bond acceptors (Lipinski definition) is 5. The first-order chi connectivity index (χ1) is 11.7. The lowest BCUT2D eigenvalue weighted by molar-refractivity contribution is 0.0583. The Morgan fingerprint density at radius 2 is 2.08 bits per heavy atom. The molecule has 4 heterocycles. The summed E-state index contributed by atoms with van der Waals surface area (Å²) in [6.45, 7) is 0. The number of amides is 1. The molecule has 7 nitrogen and oxygen atoms in total. The molecule has 0 spiro atoms. The predicted molar refractivity (Wildman–Crippen MR) is 83.0 cm³/mol. The summed E-state index contributed by atoms with van der Waals surface area (Å²) in [6.07, 6.45) is 6.39. The highest BCUT2D eigenvalue weighted by atomic mass is 19.1. The number of piperidine rings is 1. The Bertz CT molecular complexity index is 762. The summed E-state index contributed by atoms with van der Waals surface area (Å²) in [6, 6.07) is 2.00. The van der Waals surface area contributed by atoms with Gasteiger partial charge in [0.15, 0.2) is 11.6 Å². The van der Waals surface area contributed by atoms with Crippen LogP contribution in [-0.2, 0) is 0 Å². The number of aromatic nitrogens is 4. The Morgan fingerprint density at radius 3 is 2.79 bits per heavy atom. The Morgan fingerprint density at radius 1 is 1.33 bits per heavy atom. The number of aromatic amines is 1. The van der Waals surface area contributed by atoms with Crippen LogP contribution in [0.15, 0.2) is 12.3 Å². The van der Waals surface area contributed by atoms with Crippen LogP contribution in [0.3, 0.4) is 0 Å². The zero-order valence-corrected chi connectivity index (χ0v) is 13.3. The average Bonchev–Trinajstić information content (AvgIpc) is 3.18. The van der Waals surface area contributed by atoms with Crippen molar-refractivity contribution in [1.29, 1.82) is 0 Å². The molecule has 2 aromatic rings. The van der Waals surface area contributed by atoms with Gasteiger partial charge in [-0.2, -0.15) is 0 Å². The Labute approximate surface area is 138 Å². The lowest BCUT2D eigenvalue weighted by atomic mass is 10.0. The van der Waals surface area contributed by atoms with Gasteiger partial charge in [-0.3, -0.25) is 9.89 Å². The van der Waals surface area contributed by atoms with Crippen LogP contribution < -0.4 is 4.74 Å². The molecular formula is C16H18FN5O2. The molecule has 2 bridgehead atoms. The second kappa shape index (κ2) is 5.85. The Hall–Kier alpha value is -2.51. The summed E-state index contributed by atoms with van der Waals surface area (Å²) in [7, 11) is 1.45. The van der Waals surface area contributed by atoms with Crippen molar-refractivity contribution in [3.8, 4) is 17.3 Å². The van der Waals surface area contributed by atoms with E-state index in [2.05, 4.69) is 20.2 Å². The Balaban J connectivity index is 1.62. The van der Waals surface area contributed by atoms with Gasteiger partial charge >= 0.3 is 0 Å². The third-order valence-electron chi connectivity index (χ3n) is 4.90. The summed E-state index contributed by atoms with van der Waals surface area (Å²) < 4.78 is 19.0. The summed E-state index contributed by atoms with van der Waals surface area (Å²) in [5.41, 5.74) is 0.176. The smallest absolute Gasteiger partial charge is 0.294 e. The van der Waals surface area contributed by atoms with Crippen molar-refractivity contribution in [2.75, 3.05) is 7.11 Å². The van der Waals surface area contributed by atoms with E-state index in [1.165, 1.54) is 19.6 Å². The molecule has 126 valence electrons. The van der Waals surface area contributed by atoms with Crippen molar-refractivity contribution in [3.05, 3.63) is 23.9 Å². The van der Waals surface area contributed by atoms with E-state index in [4.69, 9.17) is 4.74 Å². The number of methoxy groups -OCH3 is 1. The molecule has 0 radical (unpaired) electrons. The van der Waals surface area contributed by atoms with E-state index in [-0.39, 0.29) is 41.1 Å². The van der Waals surface area contributed by atoms with Crippen molar-refractivity contribution < 1.29 is 13.9 Å². The first-order valence-electron chi connectivity index (χ1n) is 8.12. The van der Waals surface area contributed by atoms with Crippen LogP contribution in [-0.4, -0.2) is 50.2 Å². The average molecular weight is 331 g/mol. The summed E-state index contributed by atoms with van der Waals surface area (Å²) in [4.78, 5) is 22.7. The van der Waals surface area contributed by atoms with Crippen LogP contribution >= 0.6 is 0 Å². The summed E-state index contributed by atoms with van der Waals surface area (Å²) in [5, 5.41) is 6.66. The molecule has 0 aromatic carbocycles. The van der Waals surface area contributed by atoms with Gasteiger partial charge < -0.3 is 9.64 Å². The third kappa shape index (κ3) is 2.42. The minimum absolute atomic E-state index is 0.0824. The van der Waals surface area contributed by atoms with Gasteiger partial charge in [-0.25, -0.2) is 14.4 Å². The number of pyridine rings is 1. The summed E-state index contributed by atoms with van der Waals surface area (Å²) in [5.74, 6) is -0.181. The highest BCUT2D eigenvalue weighted by Crippen LogP contribution is 2.36. The number of hydrogen-bond donors (Lipinski definition) is 1. The molecule has 0 aliphatic carbocycles. The van der Waals surface area contributed by atoms with Crippen LogP contribution in [0.5, 0.6) is 5.88 Å². The van der Waals surface area contributed by atoms with Crippen molar-refractivity contribution in [1.82, 2.24) is 25.1 Å². The van der Waals surface area contributed by atoms with E-state index in [9.17, 15) is 9.18 Å². The molecule has 4 rings (SSSR count). The molecular weight excluding hydrogens is 313 g/mol. The number of nitrogens with zero attached hydrogens (tertiary/aromatic N) is 4. The van der Waals surface area contributed by atoms with Crippen LogP contribution in [0.1, 0.15) is 42.7 Å². The predicted octanol–water partition coefficient (Wildman–Crippen LogP) is 2.17. The van der Waals surface area contributed by atoms with E-state index in [1.54, 1.807) is 0 Å². The minimum Gasteiger partial charge on any atom is -0.481 e. The number of rotatable bonds is 3. The van der Waals surface area contributed by atoms with Crippen molar-refractivity contribution in [2.45, 2.75) is 44.2 Å². The zero-order chi connectivity index (χ0) is 16.7. The maximum Gasteiger partial charge on any atom is 0.294 e. The molecule has 1 amide bonds. The molecule has 2 fully saturated rings. The van der Waals surface area contributed by atoms with Crippen molar-refractivity contribution >= 4 is 5.91 Å². The van der Waals surface area contributed by atoms with Crippen LogP contribution in [0, 0.1) is 5.82 Å². The molecule has 2 aliphatic heterocycles. The lowest BCUT2D eigenvalue weighted by Gasteiger charge is -2.33. The number of ether oxygens (including phenoxy) is 1. The van der Waals surface area contributed by atoms with Gasteiger partial charge in [0.05, 0.1) is 18.9 Å². The second-order valence-corrected chi connectivity index (χ2v) is 6.24. The van der Waals surface area contributed by atoms with Gasteiger partial charge in [-0.1, -0.05) is 0 Å². The fourth-order valence-corrected chi connectivity index (χ4v) is 3.75. The van der Waals surface area contributed by atoms with E-state index >= 15 is 0 Å². The van der Waals surface area contributed by atoms with Gasteiger partial charge in [0, 0.05) is 18.2 Å². The maximum atomic E-state index is 14.0. The molecule has 2 aromatic heterocycles. The summed E-state index contributed by atoms with van der Waals surface area (Å²) >= 11 is 0. The number of carbonyl (C=O) groups excluding carboxylic acids is 1. The number of carbonyl (C=O) groups is 1. The minimum atomic E-state index is -0.552. The lowest BCUT2D eigenvalue weighted by Crippen LogP contribution is -2.44. The Kier molecular flexibility index (Phi) is 3.66. The van der Waals surface area contributed by atoms with E-state index in [0.29, 0.717) is 0 Å². The van der Waals surface area contributed by atoms with Gasteiger partial charge in [-0.05, 0) is 32.1 Å². The SMILES string of the molecule is COc1cc(-c2nc(C(=O)N3C4CCC[C@H]3CC4)n[nH]2)c(F)cn1. The monoisotopic (exact) mass is 331 g/mol. The number of fused-ring (bicyclic) bond motifs is 2. The van der Waals surface area contributed by atoms with E-state index in [0.717, 1.165) is 31.9 Å². The highest BCUT2D eigenvalue weighted by molar-refractivity contribution is 5.91. The standard InChI is InChI=1S/C16H18FN5O2/c1-24-13-7-11(12(17)8-18-13)14-19-15(21-20-14)16(23)22-9-3-2-4-10(22)6-5-9/h7-10H,2-6H2,1H3,(H,19,20,21)/t9-,10?/m0/s1. The number of halogens is 1. The highest BCUT2D eigenvalue weighted by Gasteiger charge is 2.40. The topological polar surface area (TPSA) is 84.0 Å². The van der Waals surface area contributed by atoms with Gasteiger partial charge in [0.25, 0.3) is 5.91 Å². The van der Waals surface area contributed by atoms with Gasteiger partial charge in [0.2, 0.25) is 11.7 Å². The molecule has 24 heavy (non-hydrogen) atoms. The molecule has 8 heteroatoms. The van der Waals surface area contributed by atoms with E-state index < -0.39 is 5.82 Å². The van der Waals surface area contributed by atoms with Crippen LogP contribution in [0.25, 0.3) is 11.4 Å². The first-order valence-corrected chi connectivity index (χ1v) is 8.12. The van der Waals surface area contributed by atoms with Gasteiger partial charge in [-0.15, -0.1) is 5.10 Å². The van der Waals surface area contributed by atoms with Gasteiger partial charge in [0.1, 0.15) is 0 Å². The molecule has 1 unspecified atom stereocenters. The number of nitrogens with one attached hydrogen (secondary N) is 1. The maximum absolute atomic E-state index is 14.0. The quantitative estimate of drug-likeness (QED) is 0.932. The van der Waals surface area contributed by atoms with Crippen molar-refractivity contribution in [2.24, 2.45) is 0 Å². The second-order valence-electron chi connectivity index (χ2n) is 6.24. The molecule has 2 saturated heterocycles. The number of H-pyrrole nitrogens is 1. The fourth-order valence-electron chi connectivity index (χ4n) is 3.75. The van der Waals surface area contributed by atoms with E-state index in [1.807, 2.05) is 4.90 Å². The molecule has 1 N–H and O–H groups in total. The fraction of sp³-hybridized carbons (Fsp3) is 0.500. The molecule has 2 atom stereocenters. The first kappa shape index (κ1) is 15.0.